The van der Waals surface area contributed by atoms with Gasteiger partial charge in [0.05, 0.1) is 0 Å². The Bertz CT molecular complexity index is 114. The summed E-state index contributed by atoms with van der Waals surface area (Å²) in [7, 11) is 0. The Morgan fingerprint density at radius 2 is 2.25 bits per heavy atom. The van der Waals surface area contributed by atoms with Crippen molar-refractivity contribution in [2.45, 2.75) is 12.4 Å². The van der Waals surface area contributed by atoms with Crippen molar-refractivity contribution in [3.05, 3.63) is 0 Å². The summed E-state index contributed by atoms with van der Waals surface area (Å²) < 4.78 is 0. The molecule has 0 aliphatic carbocycles. The largest absolute Gasteiger partial charge is 0.378 e. The molecule has 0 aromatic carbocycles. The van der Waals surface area contributed by atoms with Gasteiger partial charge in [-0.2, -0.15) is 0 Å². The van der Waals surface area contributed by atoms with E-state index < -0.39 is 18.3 Å². The van der Waals surface area contributed by atoms with Crippen molar-refractivity contribution >= 4 is 5.91 Å². The van der Waals surface area contributed by atoms with Crippen LogP contribution in [-0.4, -0.2) is 28.5 Å². The van der Waals surface area contributed by atoms with Crippen molar-refractivity contribution < 1.29 is 19.8 Å². The molecule has 8 heavy (non-hydrogen) atoms. The lowest BCUT2D eigenvalue weighted by Gasteiger charge is -1.97. The SMILES string of the molecule is O=C1NOC(O)C1O. The zero-order valence-corrected chi connectivity index (χ0v) is 3.87. The van der Waals surface area contributed by atoms with Crippen molar-refractivity contribution in [3.63, 3.8) is 0 Å². The molecule has 0 spiro atoms. The van der Waals surface area contributed by atoms with Crippen LogP contribution in [0.25, 0.3) is 0 Å². The summed E-state index contributed by atoms with van der Waals surface area (Å²) in [5, 5.41) is 16.9. The average Bonchev–Trinajstić information content (AvgIpc) is 1.98. The molecule has 46 valence electrons. The predicted molar refractivity (Wildman–Crippen MR) is 21.2 cm³/mol. The standard InChI is InChI=1S/C3H5NO4/c5-1-2(6)4-8-3(1)7/h1,3,5,7H,(H,4,6). The third-order valence-corrected chi connectivity index (χ3v) is 0.819. The fourth-order valence-electron chi connectivity index (χ4n) is 0.373. The van der Waals surface area contributed by atoms with Gasteiger partial charge < -0.3 is 10.2 Å². The number of nitrogens with one attached hydrogen (secondary N) is 1. The van der Waals surface area contributed by atoms with Crippen LogP contribution in [0.4, 0.5) is 0 Å². The van der Waals surface area contributed by atoms with Crippen LogP contribution in [0, 0.1) is 0 Å². The summed E-state index contributed by atoms with van der Waals surface area (Å²) >= 11 is 0. The molecule has 0 saturated carbocycles. The Kier molecular flexibility index (Phi) is 1.16. The second kappa shape index (κ2) is 1.70. The third kappa shape index (κ3) is 0.664. The maximum Gasteiger partial charge on any atom is 0.277 e. The van der Waals surface area contributed by atoms with E-state index in [1.807, 2.05) is 0 Å². The number of hydrogen-bond donors (Lipinski definition) is 3. The van der Waals surface area contributed by atoms with Crippen molar-refractivity contribution in [2.24, 2.45) is 0 Å². The third-order valence-electron chi connectivity index (χ3n) is 0.819. The van der Waals surface area contributed by atoms with Crippen LogP contribution in [0.15, 0.2) is 0 Å². The summed E-state index contributed by atoms with van der Waals surface area (Å²) in [5.74, 6) is -0.711. The molecule has 1 saturated heterocycles. The van der Waals surface area contributed by atoms with Gasteiger partial charge in [-0.25, -0.2) is 10.3 Å². The molecule has 5 nitrogen and oxygen atoms in total. The lowest BCUT2D eigenvalue weighted by molar-refractivity contribution is -0.134. The summed E-state index contributed by atoms with van der Waals surface area (Å²) in [4.78, 5) is 14.2. The average molecular weight is 119 g/mol. The van der Waals surface area contributed by atoms with Crippen molar-refractivity contribution in [3.8, 4) is 0 Å². The van der Waals surface area contributed by atoms with Gasteiger partial charge in [0.25, 0.3) is 5.91 Å². The number of hydroxylamine groups is 1. The molecule has 0 aromatic rings. The first kappa shape index (κ1) is 5.49. The van der Waals surface area contributed by atoms with E-state index in [0.29, 0.717) is 0 Å². The van der Waals surface area contributed by atoms with Crippen LogP contribution in [0.2, 0.25) is 0 Å². The second-order valence-corrected chi connectivity index (χ2v) is 1.42. The predicted octanol–water partition coefficient (Wildman–Crippen LogP) is -2.27. The quantitative estimate of drug-likeness (QED) is 0.336. The minimum atomic E-state index is -1.44. The Labute approximate surface area is 44.8 Å². The molecule has 1 rings (SSSR count). The minimum Gasteiger partial charge on any atom is -0.378 e. The molecule has 3 N–H and O–H groups in total. The maximum absolute atomic E-state index is 10.1. The van der Waals surface area contributed by atoms with E-state index in [2.05, 4.69) is 4.84 Å². The van der Waals surface area contributed by atoms with Crippen LogP contribution in [0.3, 0.4) is 0 Å². The molecule has 1 fully saturated rings. The van der Waals surface area contributed by atoms with Crippen LogP contribution in [0.1, 0.15) is 0 Å². The van der Waals surface area contributed by atoms with Crippen LogP contribution in [0.5, 0.6) is 0 Å². The molecule has 2 atom stereocenters. The highest BCUT2D eigenvalue weighted by Crippen LogP contribution is 2.00. The highest BCUT2D eigenvalue weighted by atomic mass is 16.8. The topological polar surface area (TPSA) is 78.8 Å². The van der Waals surface area contributed by atoms with E-state index in [1.54, 1.807) is 5.48 Å². The number of amides is 1. The number of rotatable bonds is 0. The molecule has 0 aromatic heterocycles. The summed E-state index contributed by atoms with van der Waals surface area (Å²) in [5.41, 5.74) is 1.78. The maximum atomic E-state index is 10.1. The minimum absolute atomic E-state index is 0.711. The summed E-state index contributed by atoms with van der Waals surface area (Å²) in [6.45, 7) is 0. The zero-order valence-electron chi connectivity index (χ0n) is 3.87. The van der Waals surface area contributed by atoms with E-state index in [-0.39, 0.29) is 0 Å². The van der Waals surface area contributed by atoms with Gasteiger partial charge in [0, 0.05) is 0 Å². The number of aliphatic hydroxyl groups is 2. The van der Waals surface area contributed by atoms with E-state index in [1.165, 1.54) is 0 Å². The molecular weight excluding hydrogens is 114 g/mol. The highest BCUT2D eigenvalue weighted by molar-refractivity contribution is 5.81. The highest BCUT2D eigenvalue weighted by Gasteiger charge is 2.32. The molecule has 5 heteroatoms. The van der Waals surface area contributed by atoms with Gasteiger partial charge in [0.2, 0.25) is 6.29 Å². The van der Waals surface area contributed by atoms with Crippen molar-refractivity contribution in [1.29, 1.82) is 0 Å². The molecule has 1 aliphatic rings. The van der Waals surface area contributed by atoms with Gasteiger partial charge in [-0.1, -0.05) is 0 Å². The lowest BCUT2D eigenvalue weighted by atomic mass is 10.3. The molecule has 1 heterocycles. The van der Waals surface area contributed by atoms with Gasteiger partial charge in [0.1, 0.15) is 0 Å². The van der Waals surface area contributed by atoms with Gasteiger partial charge >= 0.3 is 0 Å². The van der Waals surface area contributed by atoms with E-state index in [0.717, 1.165) is 0 Å². The zero-order chi connectivity index (χ0) is 6.15. The Balaban J connectivity index is 2.56. The first-order valence-electron chi connectivity index (χ1n) is 2.03. The van der Waals surface area contributed by atoms with E-state index >= 15 is 0 Å². The van der Waals surface area contributed by atoms with Gasteiger partial charge in [-0.05, 0) is 0 Å². The van der Waals surface area contributed by atoms with Gasteiger partial charge in [-0.15, -0.1) is 0 Å². The summed E-state index contributed by atoms with van der Waals surface area (Å²) in [6, 6.07) is 0. The number of aliphatic hydroxyl groups excluding tert-OH is 2. The Hall–Kier alpha value is -0.650. The summed E-state index contributed by atoms with van der Waals surface area (Å²) in [6.07, 6.45) is -2.85. The fourth-order valence-corrected chi connectivity index (χ4v) is 0.373. The Morgan fingerprint density at radius 3 is 2.38 bits per heavy atom. The molecule has 1 aliphatic heterocycles. The van der Waals surface area contributed by atoms with E-state index in [9.17, 15) is 4.79 Å². The van der Waals surface area contributed by atoms with E-state index in [4.69, 9.17) is 10.2 Å². The first-order valence-corrected chi connectivity index (χ1v) is 2.03. The van der Waals surface area contributed by atoms with Crippen molar-refractivity contribution in [2.75, 3.05) is 0 Å². The monoisotopic (exact) mass is 119 g/mol. The normalized spacial score (nSPS) is 37.5. The fraction of sp³-hybridized carbons (Fsp3) is 0.667. The number of carbonyl (C=O) groups is 1. The van der Waals surface area contributed by atoms with Crippen LogP contribution in [-0.2, 0) is 9.63 Å². The first-order chi connectivity index (χ1) is 3.72. The van der Waals surface area contributed by atoms with Crippen LogP contribution < -0.4 is 5.48 Å². The molecule has 2 unspecified atom stereocenters. The molecule has 1 amide bonds. The smallest absolute Gasteiger partial charge is 0.277 e. The second-order valence-electron chi connectivity index (χ2n) is 1.42. The van der Waals surface area contributed by atoms with Crippen LogP contribution >= 0.6 is 0 Å². The molecule has 0 bridgehead atoms. The van der Waals surface area contributed by atoms with Crippen molar-refractivity contribution in [1.82, 2.24) is 5.48 Å². The lowest BCUT2D eigenvalue weighted by Crippen LogP contribution is -2.26. The van der Waals surface area contributed by atoms with Gasteiger partial charge in [-0.3, -0.25) is 4.79 Å². The van der Waals surface area contributed by atoms with Gasteiger partial charge in [0.15, 0.2) is 6.10 Å². The number of carbonyl (C=O) groups excluding carboxylic acids is 1. The molecular formula is C3H5NO4. The number of hydrogen-bond acceptors (Lipinski definition) is 4. The Morgan fingerprint density at radius 1 is 1.62 bits per heavy atom. The molecule has 0 radical (unpaired) electrons.